The van der Waals surface area contributed by atoms with Gasteiger partial charge in [0.2, 0.25) is 0 Å². The molecule has 0 radical (unpaired) electrons. The molecule has 1 atom stereocenters. The monoisotopic (exact) mass is 286 g/mol. The normalized spacial score (nSPS) is 19.7. The summed E-state index contributed by atoms with van der Waals surface area (Å²) in [6.45, 7) is 1.04. The van der Waals surface area contributed by atoms with Crippen molar-refractivity contribution in [1.29, 1.82) is 0 Å². The Balaban J connectivity index is 0.000000853. The fourth-order valence-corrected chi connectivity index (χ4v) is 2.88. The predicted octanol–water partition coefficient (Wildman–Crippen LogP) is 3.13. The summed E-state index contributed by atoms with van der Waals surface area (Å²) in [5, 5.41) is 4.74. The zero-order valence-corrected chi connectivity index (χ0v) is 10.5. The Morgan fingerprint density at radius 3 is 2.93 bits per heavy atom. The third kappa shape index (κ3) is 1.69. The smallest absolute Gasteiger partial charge is 0.0910 e. The molecule has 0 aliphatic carbocycles. The molecule has 0 spiro atoms. The summed E-state index contributed by atoms with van der Waals surface area (Å²) in [4.78, 5) is 3.77. The van der Waals surface area contributed by atoms with E-state index in [-0.39, 0.29) is 12.4 Å². The highest BCUT2D eigenvalue weighted by Gasteiger charge is 2.21. The third-order valence-corrected chi connectivity index (χ3v) is 3.56. The van der Waals surface area contributed by atoms with Gasteiger partial charge in [-0.05, 0) is 6.07 Å². The van der Waals surface area contributed by atoms with Crippen molar-refractivity contribution in [2.45, 2.75) is 11.4 Å². The van der Waals surface area contributed by atoms with Gasteiger partial charge in [0.25, 0.3) is 0 Å². The van der Waals surface area contributed by atoms with Crippen LogP contribution in [0.3, 0.4) is 0 Å². The first kappa shape index (κ1) is 11.0. The van der Waals surface area contributed by atoms with Crippen molar-refractivity contribution in [3.8, 4) is 0 Å². The molecular weight excluding hydrogens is 275 g/mol. The number of fused-ring (bicyclic) bond motifs is 3. The van der Waals surface area contributed by atoms with E-state index in [4.69, 9.17) is 0 Å². The molecule has 0 saturated heterocycles. The molecule has 4 heteroatoms. The fourth-order valence-electron chi connectivity index (χ4n) is 2.13. The number of rotatable bonds is 0. The highest BCUT2D eigenvalue weighted by Crippen LogP contribution is 2.33. The van der Waals surface area contributed by atoms with Crippen molar-refractivity contribution >= 4 is 39.2 Å². The van der Waals surface area contributed by atoms with E-state index in [2.05, 4.69) is 50.5 Å². The van der Waals surface area contributed by atoms with Gasteiger partial charge in [0.1, 0.15) is 0 Å². The summed E-state index contributed by atoms with van der Waals surface area (Å²) in [6, 6.07) is 8.46. The number of hydrogen-bond acceptors (Lipinski definition) is 1. The van der Waals surface area contributed by atoms with Gasteiger partial charge in [-0.1, -0.05) is 34.1 Å². The van der Waals surface area contributed by atoms with E-state index in [1.165, 1.54) is 22.2 Å². The number of benzene rings is 1. The topological polar surface area (TPSA) is 27.8 Å². The van der Waals surface area contributed by atoms with Crippen LogP contribution in [0.4, 0.5) is 0 Å². The summed E-state index contributed by atoms with van der Waals surface area (Å²) < 4.78 is 0. The van der Waals surface area contributed by atoms with Crippen molar-refractivity contribution in [1.82, 2.24) is 10.3 Å². The standard InChI is InChI=1S/C11H11BrN2.ClH/c12-11-10-7-3-1-2-4-8(7)14-9(10)5-6-13-11;/h1-4,11,13-14H,5-6H2;1H. The van der Waals surface area contributed by atoms with Gasteiger partial charge in [-0.15, -0.1) is 12.4 Å². The molecule has 80 valence electrons. The van der Waals surface area contributed by atoms with E-state index in [9.17, 15) is 0 Å². The number of para-hydroxylation sites is 1. The molecule has 1 aromatic carbocycles. The third-order valence-electron chi connectivity index (χ3n) is 2.78. The molecule has 2 aromatic rings. The summed E-state index contributed by atoms with van der Waals surface area (Å²) in [6.07, 6.45) is 1.09. The Morgan fingerprint density at radius 1 is 1.27 bits per heavy atom. The van der Waals surface area contributed by atoms with Crippen molar-refractivity contribution in [2.75, 3.05) is 6.54 Å². The molecule has 0 fully saturated rings. The zero-order chi connectivity index (χ0) is 9.54. The molecule has 2 N–H and O–H groups in total. The quantitative estimate of drug-likeness (QED) is 0.565. The van der Waals surface area contributed by atoms with Crippen LogP contribution in [0.25, 0.3) is 10.9 Å². The van der Waals surface area contributed by atoms with Gasteiger partial charge in [-0.2, -0.15) is 0 Å². The second kappa shape index (κ2) is 4.16. The number of hydrogen-bond donors (Lipinski definition) is 2. The SMILES string of the molecule is BrC1NCCc2[nH]c3ccccc3c21.Cl. The first-order valence-electron chi connectivity index (χ1n) is 4.83. The van der Waals surface area contributed by atoms with E-state index in [1.54, 1.807) is 0 Å². The first-order valence-corrected chi connectivity index (χ1v) is 5.75. The number of nitrogens with one attached hydrogen (secondary N) is 2. The predicted molar refractivity (Wildman–Crippen MR) is 68.9 cm³/mol. The molecule has 0 amide bonds. The fraction of sp³-hybridized carbons (Fsp3) is 0.273. The van der Waals surface area contributed by atoms with E-state index in [1.807, 2.05) is 0 Å². The van der Waals surface area contributed by atoms with Crippen LogP contribution in [0.2, 0.25) is 0 Å². The molecule has 1 aliphatic heterocycles. The van der Waals surface area contributed by atoms with Crippen molar-refractivity contribution in [3.63, 3.8) is 0 Å². The molecule has 1 aliphatic rings. The van der Waals surface area contributed by atoms with E-state index in [0.29, 0.717) is 4.95 Å². The van der Waals surface area contributed by atoms with E-state index >= 15 is 0 Å². The molecule has 1 unspecified atom stereocenters. The van der Waals surface area contributed by atoms with Crippen molar-refractivity contribution in [3.05, 3.63) is 35.5 Å². The van der Waals surface area contributed by atoms with Gasteiger partial charge in [0.05, 0.1) is 4.95 Å². The summed E-state index contributed by atoms with van der Waals surface area (Å²) in [5.74, 6) is 0. The van der Waals surface area contributed by atoms with Gasteiger partial charge in [-0.3, -0.25) is 0 Å². The second-order valence-corrected chi connectivity index (χ2v) is 4.55. The van der Waals surface area contributed by atoms with Crippen LogP contribution in [0, 0.1) is 0 Å². The van der Waals surface area contributed by atoms with Gasteiger partial charge in [0, 0.05) is 35.1 Å². The summed E-state index contributed by atoms with van der Waals surface area (Å²) >= 11 is 3.66. The van der Waals surface area contributed by atoms with Gasteiger partial charge in [0.15, 0.2) is 0 Å². The highest BCUT2D eigenvalue weighted by molar-refractivity contribution is 9.09. The van der Waals surface area contributed by atoms with E-state index in [0.717, 1.165) is 13.0 Å². The number of aromatic nitrogens is 1. The summed E-state index contributed by atoms with van der Waals surface area (Å²) in [7, 11) is 0. The molecule has 15 heavy (non-hydrogen) atoms. The van der Waals surface area contributed by atoms with Crippen LogP contribution < -0.4 is 5.32 Å². The van der Waals surface area contributed by atoms with Crippen LogP contribution >= 0.6 is 28.3 Å². The molecule has 3 rings (SSSR count). The molecule has 0 bridgehead atoms. The lowest BCUT2D eigenvalue weighted by atomic mass is 10.1. The van der Waals surface area contributed by atoms with Crippen molar-refractivity contribution < 1.29 is 0 Å². The Kier molecular flexibility index (Phi) is 3.05. The van der Waals surface area contributed by atoms with Gasteiger partial charge < -0.3 is 10.3 Å². The maximum absolute atomic E-state index is 3.66. The number of aromatic amines is 1. The Bertz CT molecular complexity index is 480. The first-order chi connectivity index (χ1) is 6.86. The molecule has 2 heterocycles. The zero-order valence-electron chi connectivity index (χ0n) is 8.09. The Morgan fingerprint density at radius 2 is 2.07 bits per heavy atom. The van der Waals surface area contributed by atoms with Gasteiger partial charge >= 0.3 is 0 Å². The average molecular weight is 288 g/mol. The van der Waals surface area contributed by atoms with Crippen molar-refractivity contribution in [2.24, 2.45) is 0 Å². The minimum absolute atomic E-state index is 0. The van der Waals surface area contributed by atoms with Crippen LogP contribution in [0.15, 0.2) is 24.3 Å². The second-order valence-electron chi connectivity index (χ2n) is 3.63. The number of halogens is 2. The summed E-state index contributed by atoms with van der Waals surface area (Å²) in [5.41, 5.74) is 3.99. The minimum Gasteiger partial charge on any atom is -0.358 e. The maximum atomic E-state index is 3.66. The lowest BCUT2D eigenvalue weighted by molar-refractivity contribution is 0.635. The molecule has 0 saturated carbocycles. The average Bonchev–Trinajstić information content (AvgIpc) is 2.57. The van der Waals surface area contributed by atoms with Crippen LogP contribution in [0.5, 0.6) is 0 Å². The van der Waals surface area contributed by atoms with Crippen LogP contribution in [0.1, 0.15) is 16.2 Å². The van der Waals surface area contributed by atoms with Crippen LogP contribution in [-0.4, -0.2) is 11.5 Å². The Labute approximate surface area is 103 Å². The van der Waals surface area contributed by atoms with E-state index < -0.39 is 0 Å². The lowest BCUT2D eigenvalue weighted by Gasteiger charge is -2.19. The van der Waals surface area contributed by atoms with Gasteiger partial charge in [-0.25, -0.2) is 0 Å². The lowest BCUT2D eigenvalue weighted by Crippen LogP contribution is -2.25. The minimum atomic E-state index is 0. The largest absolute Gasteiger partial charge is 0.358 e. The Hall–Kier alpha value is -0.510. The molecular formula is C11H12BrClN2. The maximum Gasteiger partial charge on any atom is 0.0910 e. The van der Waals surface area contributed by atoms with Crippen LogP contribution in [-0.2, 0) is 6.42 Å². The molecule has 2 nitrogen and oxygen atoms in total. The number of H-pyrrole nitrogens is 1. The molecule has 1 aromatic heterocycles. The highest BCUT2D eigenvalue weighted by atomic mass is 79.9. The number of alkyl halides is 1.